The molecule has 0 radical (unpaired) electrons. The molecule has 0 saturated carbocycles. The molecular formula is C15H20N2O3S. The highest BCUT2D eigenvalue weighted by Gasteiger charge is 2.32. The molecule has 1 aromatic carbocycles. The summed E-state index contributed by atoms with van der Waals surface area (Å²) in [4.78, 5) is 25.3. The molecule has 21 heavy (non-hydrogen) atoms. The predicted molar refractivity (Wildman–Crippen MR) is 85.0 cm³/mol. The van der Waals surface area contributed by atoms with Gasteiger partial charge in [-0.2, -0.15) is 11.8 Å². The Kier molecular flexibility index (Phi) is 5.12. The summed E-state index contributed by atoms with van der Waals surface area (Å²) in [5.41, 5.74) is 1.99. The summed E-state index contributed by atoms with van der Waals surface area (Å²) >= 11 is 1.57. The Morgan fingerprint density at radius 1 is 1.48 bits per heavy atom. The summed E-state index contributed by atoms with van der Waals surface area (Å²) < 4.78 is 0. The number of carbonyl (C=O) groups excluding carboxylic acids is 1. The van der Waals surface area contributed by atoms with E-state index in [-0.39, 0.29) is 12.1 Å². The maximum absolute atomic E-state index is 12.4. The van der Waals surface area contributed by atoms with Gasteiger partial charge in [0.15, 0.2) is 0 Å². The fourth-order valence-electron chi connectivity index (χ4n) is 2.59. The Morgan fingerprint density at radius 3 is 2.86 bits per heavy atom. The van der Waals surface area contributed by atoms with Crippen molar-refractivity contribution in [3.8, 4) is 0 Å². The van der Waals surface area contributed by atoms with E-state index in [2.05, 4.69) is 5.32 Å². The molecule has 0 saturated heterocycles. The standard InChI is InChI=1S/C15H20N2O3S/c1-10-9-11-5-3-4-6-13(11)17(10)15(20)16-12(14(18)19)7-8-21-2/h3-6,10,12H,7-9H2,1-2H3,(H,16,20)(H,18,19). The molecule has 2 N–H and O–H groups in total. The first-order chi connectivity index (χ1) is 10.0. The van der Waals surface area contributed by atoms with Crippen LogP contribution in [0.5, 0.6) is 0 Å². The highest BCUT2D eigenvalue weighted by Crippen LogP contribution is 2.31. The zero-order valence-corrected chi connectivity index (χ0v) is 13.0. The van der Waals surface area contributed by atoms with E-state index < -0.39 is 12.0 Å². The Labute approximate surface area is 128 Å². The number of amides is 2. The van der Waals surface area contributed by atoms with Crippen LogP contribution in [-0.2, 0) is 11.2 Å². The van der Waals surface area contributed by atoms with Crippen LogP contribution in [0.3, 0.4) is 0 Å². The average Bonchev–Trinajstić information content (AvgIpc) is 2.78. The summed E-state index contributed by atoms with van der Waals surface area (Å²) in [5, 5.41) is 11.8. The summed E-state index contributed by atoms with van der Waals surface area (Å²) in [7, 11) is 0. The second kappa shape index (κ2) is 6.85. The summed E-state index contributed by atoms with van der Waals surface area (Å²) in [6, 6.07) is 6.60. The van der Waals surface area contributed by atoms with Crippen molar-refractivity contribution in [2.24, 2.45) is 0 Å². The van der Waals surface area contributed by atoms with E-state index in [1.165, 1.54) is 0 Å². The van der Waals surface area contributed by atoms with Gasteiger partial charge in [0.2, 0.25) is 0 Å². The summed E-state index contributed by atoms with van der Waals surface area (Å²) in [6.07, 6.45) is 3.14. The van der Waals surface area contributed by atoms with Crippen molar-refractivity contribution in [1.82, 2.24) is 5.32 Å². The van der Waals surface area contributed by atoms with Gasteiger partial charge in [0.1, 0.15) is 6.04 Å². The van der Waals surface area contributed by atoms with Crippen LogP contribution in [0.25, 0.3) is 0 Å². The Balaban J connectivity index is 2.10. The van der Waals surface area contributed by atoms with E-state index in [0.717, 1.165) is 17.7 Å². The van der Waals surface area contributed by atoms with Crippen LogP contribution < -0.4 is 10.2 Å². The molecule has 0 aromatic heterocycles. The minimum Gasteiger partial charge on any atom is -0.480 e. The molecule has 2 rings (SSSR count). The number of carboxylic acids is 1. The Morgan fingerprint density at radius 2 is 2.19 bits per heavy atom. The van der Waals surface area contributed by atoms with Gasteiger partial charge < -0.3 is 10.4 Å². The molecule has 1 aromatic rings. The third kappa shape index (κ3) is 3.50. The second-order valence-electron chi connectivity index (χ2n) is 5.17. The molecule has 0 aliphatic carbocycles. The number of nitrogens with one attached hydrogen (secondary N) is 1. The van der Waals surface area contributed by atoms with Crippen LogP contribution in [0.4, 0.5) is 10.5 Å². The maximum Gasteiger partial charge on any atom is 0.326 e. The first kappa shape index (κ1) is 15.7. The smallest absolute Gasteiger partial charge is 0.326 e. The van der Waals surface area contributed by atoms with Crippen LogP contribution in [0.1, 0.15) is 18.9 Å². The average molecular weight is 308 g/mol. The predicted octanol–water partition coefficient (Wildman–Crippen LogP) is 2.35. The lowest BCUT2D eigenvalue weighted by molar-refractivity contribution is -0.139. The minimum atomic E-state index is -0.988. The summed E-state index contributed by atoms with van der Waals surface area (Å²) in [5.74, 6) is -0.291. The first-order valence-corrected chi connectivity index (χ1v) is 8.33. The number of nitrogens with zero attached hydrogens (tertiary/aromatic N) is 1. The number of hydrogen-bond acceptors (Lipinski definition) is 3. The van der Waals surface area contributed by atoms with Crippen molar-refractivity contribution >= 4 is 29.4 Å². The highest BCUT2D eigenvalue weighted by atomic mass is 32.2. The van der Waals surface area contributed by atoms with Crippen LogP contribution in [0.2, 0.25) is 0 Å². The largest absolute Gasteiger partial charge is 0.480 e. The fraction of sp³-hybridized carbons (Fsp3) is 0.467. The van der Waals surface area contributed by atoms with Crippen molar-refractivity contribution in [3.63, 3.8) is 0 Å². The van der Waals surface area contributed by atoms with Gasteiger partial charge in [0.25, 0.3) is 0 Å². The maximum atomic E-state index is 12.4. The molecule has 2 amide bonds. The second-order valence-corrected chi connectivity index (χ2v) is 6.16. The number of benzene rings is 1. The quantitative estimate of drug-likeness (QED) is 0.876. The molecule has 0 bridgehead atoms. The lowest BCUT2D eigenvalue weighted by Gasteiger charge is -2.25. The lowest BCUT2D eigenvalue weighted by Crippen LogP contribution is -2.50. The number of anilines is 1. The molecule has 5 nitrogen and oxygen atoms in total. The van der Waals surface area contributed by atoms with Gasteiger partial charge in [-0.1, -0.05) is 18.2 Å². The van der Waals surface area contributed by atoms with Crippen molar-refractivity contribution < 1.29 is 14.7 Å². The molecular weight excluding hydrogens is 288 g/mol. The molecule has 1 heterocycles. The SMILES string of the molecule is CSCCC(NC(=O)N1c2ccccc2CC1C)C(=O)O. The normalized spacial score (nSPS) is 18.2. The molecule has 1 aliphatic rings. The van der Waals surface area contributed by atoms with E-state index >= 15 is 0 Å². The van der Waals surface area contributed by atoms with Crippen molar-refractivity contribution in [2.75, 3.05) is 16.9 Å². The fourth-order valence-corrected chi connectivity index (χ4v) is 3.06. The minimum absolute atomic E-state index is 0.0393. The molecule has 2 atom stereocenters. The van der Waals surface area contributed by atoms with Gasteiger partial charge in [-0.3, -0.25) is 4.90 Å². The number of rotatable bonds is 5. The number of hydrogen-bond donors (Lipinski definition) is 2. The van der Waals surface area contributed by atoms with Gasteiger partial charge >= 0.3 is 12.0 Å². The topological polar surface area (TPSA) is 69.6 Å². The third-order valence-electron chi connectivity index (χ3n) is 3.63. The van der Waals surface area contributed by atoms with E-state index in [4.69, 9.17) is 0 Å². The van der Waals surface area contributed by atoms with Crippen LogP contribution in [0.15, 0.2) is 24.3 Å². The van der Waals surface area contributed by atoms with Gasteiger partial charge in [-0.05, 0) is 43.4 Å². The van der Waals surface area contributed by atoms with Crippen molar-refractivity contribution in [3.05, 3.63) is 29.8 Å². The number of aliphatic carboxylic acids is 1. The van der Waals surface area contributed by atoms with E-state index in [9.17, 15) is 14.7 Å². The van der Waals surface area contributed by atoms with Gasteiger partial charge in [-0.25, -0.2) is 9.59 Å². The van der Waals surface area contributed by atoms with E-state index in [0.29, 0.717) is 12.2 Å². The van der Waals surface area contributed by atoms with Crippen molar-refractivity contribution in [2.45, 2.75) is 31.8 Å². The van der Waals surface area contributed by atoms with Gasteiger partial charge in [0, 0.05) is 11.7 Å². The van der Waals surface area contributed by atoms with E-state index in [1.807, 2.05) is 37.4 Å². The molecule has 0 spiro atoms. The molecule has 0 fully saturated rings. The number of thioether (sulfide) groups is 1. The van der Waals surface area contributed by atoms with Crippen LogP contribution in [-0.4, -0.2) is 41.2 Å². The number of fused-ring (bicyclic) bond motifs is 1. The van der Waals surface area contributed by atoms with Crippen LogP contribution >= 0.6 is 11.8 Å². The zero-order chi connectivity index (χ0) is 15.4. The van der Waals surface area contributed by atoms with Crippen LogP contribution in [0, 0.1) is 0 Å². The third-order valence-corrected chi connectivity index (χ3v) is 4.28. The van der Waals surface area contributed by atoms with Gasteiger partial charge in [0.05, 0.1) is 0 Å². The molecule has 6 heteroatoms. The Bertz CT molecular complexity index is 535. The Hall–Kier alpha value is -1.69. The first-order valence-electron chi connectivity index (χ1n) is 6.94. The number of urea groups is 1. The van der Waals surface area contributed by atoms with Crippen molar-refractivity contribution in [1.29, 1.82) is 0 Å². The zero-order valence-electron chi connectivity index (χ0n) is 12.2. The lowest BCUT2D eigenvalue weighted by atomic mass is 10.1. The van der Waals surface area contributed by atoms with Gasteiger partial charge in [-0.15, -0.1) is 0 Å². The molecule has 114 valence electrons. The number of para-hydroxylation sites is 1. The number of carbonyl (C=O) groups is 2. The molecule has 1 aliphatic heterocycles. The van der Waals surface area contributed by atoms with E-state index in [1.54, 1.807) is 16.7 Å². The molecule has 2 unspecified atom stereocenters. The summed E-state index contributed by atoms with van der Waals surface area (Å²) in [6.45, 7) is 1.97. The number of carboxylic acid groups (broad SMARTS) is 1. The highest BCUT2D eigenvalue weighted by molar-refractivity contribution is 7.98. The monoisotopic (exact) mass is 308 g/mol.